The van der Waals surface area contributed by atoms with Crippen LogP contribution in [0.3, 0.4) is 0 Å². The molecular weight excluding hydrogens is 296 g/mol. The number of hydrogen-bond acceptors (Lipinski definition) is 6. The van der Waals surface area contributed by atoms with Gasteiger partial charge in [0.05, 0.1) is 30.3 Å². The van der Waals surface area contributed by atoms with Crippen LogP contribution in [0.25, 0.3) is 10.4 Å². The largest absolute Gasteiger partial charge is 0.378 e. The molecule has 0 unspecified atom stereocenters. The van der Waals surface area contributed by atoms with Gasteiger partial charge in [-0.05, 0) is 5.56 Å². The Morgan fingerprint density at radius 3 is 2.82 bits per heavy atom. The van der Waals surface area contributed by atoms with Gasteiger partial charge in [0, 0.05) is 20.7 Å². The van der Waals surface area contributed by atoms with Crippen molar-refractivity contribution in [1.82, 2.24) is 15.2 Å². The molecule has 1 aromatic heterocycles. The molecule has 1 N–H and O–H groups in total. The first kappa shape index (κ1) is 15.0. The summed E-state index contributed by atoms with van der Waals surface area (Å²) in [5.74, 6) is 0.945. The molecule has 0 aliphatic carbocycles. The van der Waals surface area contributed by atoms with Crippen molar-refractivity contribution in [3.05, 3.63) is 41.0 Å². The second-order valence-electron chi connectivity index (χ2n) is 5.16. The van der Waals surface area contributed by atoms with Gasteiger partial charge in [0.15, 0.2) is 5.96 Å². The normalized spacial score (nSPS) is 14.3. The minimum Gasteiger partial charge on any atom is -0.378 e. The lowest BCUT2D eigenvalue weighted by atomic mass is 10.1. The van der Waals surface area contributed by atoms with Crippen LogP contribution in [0.2, 0.25) is 0 Å². The van der Waals surface area contributed by atoms with E-state index in [4.69, 9.17) is 9.72 Å². The van der Waals surface area contributed by atoms with Gasteiger partial charge >= 0.3 is 0 Å². The summed E-state index contributed by atoms with van der Waals surface area (Å²) < 4.78 is 5.22. The lowest BCUT2D eigenvalue weighted by molar-refractivity contribution is 0.184. The molecule has 2 heterocycles. The highest BCUT2D eigenvalue weighted by molar-refractivity contribution is 7.15. The molecule has 0 spiro atoms. The van der Waals surface area contributed by atoms with Gasteiger partial charge in [0.1, 0.15) is 5.01 Å². The monoisotopic (exact) mass is 316 g/mol. The van der Waals surface area contributed by atoms with E-state index >= 15 is 0 Å². The molecule has 0 fully saturated rings. The summed E-state index contributed by atoms with van der Waals surface area (Å²) in [5, 5.41) is 4.39. The fourth-order valence-electron chi connectivity index (χ4n) is 2.41. The number of thiazole rings is 1. The minimum atomic E-state index is 0.547. The van der Waals surface area contributed by atoms with E-state index in [1.807, 2.05) is 13.1 Å². The van der Waals surface area contributed by atoms with Crippen molar-refractivity contribution in [2.24, 2.45) is 4.99 Å². The summed E-state index contributed by atoms with van der Waals surface area (Å²) in [5.41, 5.74) is 2.24. The molecule has 3 rings (SSSR count). The second-order valence-corrected chi connectivity index (χ2v) is 6.25. The van der Waals surface area contributed by atoms with Crippen molar-refractivity contribution in [2.45, 2.75) is 13.2 Å². The van der Waals surface area contributed by atoms with Crippen LogP contribution in [0, 0.1) is 0 Å². The van der Waals surface area contributed by atoms with Gasteiger partial charge in [-0.2, -0.15) is 0 Å². The van der Waals surface area contributed by atoms with Crippen LogP contribution in [0.15, 0.2) is 35.3 Å². The second kappa shape index (κ2) is 6.89. The van der Waals surface area contributed by atoms with Gasteiger partial charge in [-0.25, -0.2) is 4.98 Å². The molecule has 1 aliphatic heterocycles. The number of guanidine groups is 1. The van der Waals surface area contributed by atoms with E-state index in [1.54, 1.807) is 18.4 Å². The van der Waals surface area contributed by atoms with Crippen molar-refractivity contribution in [1.29, 1.82) is 0 Å². The van der Waals surface area contributed by atoms with E-state index in [1.165, 1.54) is 10.4 Å². The summed E-state index contributed by atoms with van der Waals surface area (Å²) in [6.07, 6.45) is 0. The number of benzene rings is 1. The van der Waals surface area contributed by atoms with Crippen LogP contribution >= 0.6 is 11.3 Å². The third-order valence-corrected chi connectivity index (χ3v) is 4.64. The zero-order valence-electron chi connectivity index (χ0n) is 12.9. The summed E-state index contributed by atoms with van der Waals surface area (Å²) in [6.45, 7) is 3.05. The van der Waals surface area contributed by atoms with Gasteiger partial charge in [-0.15, -0.1) is 11.3 Å². The van der Waals surface area contributed by atoms with Gasteiger partial charge < -0.3 is 15.0 Å². The van der Waals surface area contributed by atoms with Gasteiger partial charge in [-0.1, -0.05) is 30.3 Å². The van der Waals surface area contributed by atoms with Gasteiger partial charge in [0.2, 0.25) is 0 Å². The van der Waals surface area contributed by atoms with Crippen LogP contribution in [0.4, 0.5) is 0 Å². The Morgan fingerprint density at radius 2 is 2.14 bits per heavy atom. The standard InChI is InChI=1S/C16H20N4OS/c1-20-9-8-17-16(20)18-10-13-15(12-6-4-3-5-7-12)22-14(19-13)11-21-2/h3-7H,8-11H2,1-2H3,(H,17,18). The molecule has 0 saturated heterocycles. The molecule has 0 atom stereocenters. The lowest BCUT2D eigenvalue weighted by Gasteiger charge is -2.14. The molecule has 116 valence electrons. The van der Waals surface area contributed by atoms with Crippen LogP contribution < -0.4 is 5.32 Å². The van der Waals surface area contributed by atoms with Crippen molar-refractivity contribution >= 4 is 17.3 Å². The molecule has 1 aliphatic rings. The van der Waals surface area contributed by atoms with Crippen LogP contribution in [-0.4, -0.2) is 43.1 Å². The number of rotatable bonds is 5. The molecule has 1 aromatic carbocycles. The van der Waals surface area contributed by atoms with E-state index < -0.39 is 0 Å². The summed E-state index contributed by atoms with van der Waals surface area (Å²) in [7, 11) is 3.75. The molecule has 6 heteroatoms. The molecule has 0 amide bonds. The molecule has 5 nitrogen and oxygen atoms in total. The minimum absolute atomic E-state index is 0.547. The Labute approximate surface area is 134 Å². The Balaban J connectivity index is 1.82. The van der Waals surface area contributed by atoms with E-state index in [9.17, 15) is 0 Å². The Morgan fingerprint density at radius 1 is 1.32 bits per heavy atom. The average Bonchev–Trinajstić information content (AvgIpc) is 3.13. The fourth-order valence-corrected chi connectivity index (χ4v) is 3.46. The van der Waals surface area contributed by atoms with Crippen molar-refractivity contribution < 1.29 is 4.74 Å². The van der Waals surface area contributed by atoms with Crippen molar-refractivity contribution in [2.75, 3.05) is 27.2 Å². The van der Waals surface area contributed by atoms with Crippen LogP contribution in [0.1, 0.15) is 10.7 Å². The van der Waals surface area contributed by atoms with Crippen molar-refractivity contribution in [3.63, 3.8) is 0 Å². The predicted octanol–water partition coefficient (Wildman–Crippen LogP) is 2.35. The van der Waals surface area contributed by atoms with Gasteiger partial charge in [-0.3, -0.25) is 4.99 Å². The van der Waals surface area contributed by atoms with Crippen molar-refractivity contribution in [3.8, 4) is 10.4 Å². The zero-order chi connectivity index (χ0) is 15.4. The fraction of sp³-hybridized carbons (Fsp3) is 0.375. The molecule has 0 saturated carbocycles. The smallest absolute Gasteiger partial charge is 0.194 e. The topological polar surface area (TPSA) is 49.8 Å². The maximum absolute atomic E-state index is 5.22. The number of aromatic nitrogens is 1. The number of nitrogens with zero attached hydrogens (tertiary/aromatic N) is 3. The molecule has 2 aromatic rings. The van der Waals surface area contributed by atoms with Crippen LogP contribution in [-0.2, 0) is 17.9 Å². The number of aliphatic imine (C=N–C) groups is 1. The lowest BCUT2D eigenvalue weighted by Crippen LogP contribution is -2.35. The molecule has 0 bridgehead atoms. The number of nitrogens with one attached hydrogen (secondary N) is 1. The average molecular weight is 316 g/mol. The van der Waals surface area contributed by atoms with E-state index in [0.29, 0.717) is 13.2 Å². The Bertz CT molecular complexity index is 653. The number of methoxy groups -OCH3 is 1. The predicted molar refractivity (Wildman–Crippen MR) is 90.0 cm³/mol. The molecule has 0 radical (unpaired) electrons. The third kappa shape index (κ3) is 3.28. The molecular formula is C16H20N4OS. The van der Waals surface area contributed by atoms with E-state index in [0.717, 1.165) is 29.8 Å². The summed E-state index contributed by atoms with van der Waals surface area (Å²) >= 11 is 1.69. The highest BCUT2D eigenvalue weighted by Crippen LogP contribution is 2.30. The first-order valence-corrected chi connectivity index (χ1v) is 8.12. The van der Waals surface area contributed by atoms with Crippen LogP contribution in [0.5, 0.6) is 0 Å². The SMILES string of the molecule is COCc1nc(CNC2=NCCN2C)c(-c2ccccc2)s1. The first-order chi connectivity index (χ1) is 10.8. The van der Waals surface area contributed by atoms with Gasteiger partial charge in [0.25, 0.3) is 0 Å². The highest BCUT2D eigenvalue weighted by Gasteiger charge is 2.16. The summed E-state index contributed by atoms with van der Waals surface area (Å²) in [4.78, 5) is 12.5. The maximum atomic E-state index is 5.22. The number of ether oxygens (including phenoxy) is 1. The van der Waals surface area contributed by atoms with E-state index in [2.05, 4.69) is 39.5 Å². The number of likely N-dealkylation sites (N-methyl/N-ethyl adjacent to an activating group) is 1. The molecule has 22 heavy (non-hydrogen) atoms. The number of hydrogen-bond donors (Lipinski definition) is 1. The summed E-state index contributed by atoms with van der Waals surface area (Å²) in [6, 6.07) is 10.4. The quantitative estimate of drug-likeness (QED) is 0.920. The Kier molecular flexibility index (Phi) is 4.70. The first-order valence-electron chi connectivity index (χ1n) is 7.30. The zero-order valence-corrected chi connectivity index (χ0v) is 13.7. The van der Waals surface area contributed by atoms with E-state index in [-0.39, 0.29) is 0 Å². The third-order valence-electron chi connectivity index (χ3n) is 3.52. The Hall–Kier alpha value is -1.92. The maximum Gasteiger partial charge on any atom is 0.194 e. The highest BCUT2D eigenvalue weighted by atomic mass is 32.1.